The second kappa shape index (κ2) is 23.5. The average molecular weight is 146 g/mol. The molecular weight excluding hydrogens is 145 g/mol. The molecule has 4 heavy (non-hydrogen) atoms. The average Bonchev–Trinajstić information content (AvgIpc) is 1.00. The molecule has 0 saturated carbocycles. The van der Waals surface area contributed by atoms with Crippen molar-refractivity contribution >= 4 is 28.0 Å². The van der Waals surface area contributed by atoms with Gasteiger partial charge in [0.15, 0.2) is 0 Å². The van der Waals surface area contributed by atoms with Crippen LogP contribution in [-0.4, -0.2) is 18.9 Å². The van der Waals surface area contributed by atoms with Gasteiger partial charge in [-0.1, -0.05) is 0 Å². The van der Waals surface area contributed by atoms with Gasteiger partial charge in [-0.25, -0.2) is 0 Å². The molecule has 0 amide bonds. The molecular formula is HLiOPZr. The quantitative estimate of drug-likeness (QED) is 0.349. The fourth-order valence-corrected chi connectivity index (χ4v) is 0. The first-order chi connectivity index (χ1) is 1.00. The fourth-order valence-electron chi connectivity index (χ4n) is 0. The van der Waals surface area contributed by atoms with Crippen molar-refractivity contribution in [1.82, 2.24) is 0 Å². The van der Waals surface area contributed by atoms with Crippen molar-refractivity contribution in [3.8, 4) is 0 Å². The van der Waals surface area contributed by atoms with E-state index in [2.05, 4.69) is 0 Å². The summed E-state index contributed by atoms with van der Waals surface area (Å²) < 4.78 is 8.06. The number of hydrogen-bond donors (Lipinski definition) is 0. The van der Waals surface area contributed by atoms with Gasteiger partial charge in [-0.05, 0) is 0 Å². The zero-order valence-electron chi connectivity index (χ0n) is 2.41. The maximum Gasteiger partial charge on any atom is 0.138 e. The van der Waals surface area contributed by atoms with Crippen LogP contribution in [0.4, 0.5) is 0 Å². The van der Waals surface area contributed by atoms with Crippen LogP contribution in [0.15, 0.2) is 0 Å². The van der Waals surface area contributed by atoms with Crippen LogP contribution < -0.4 is 0 Å². The molecule has 0 aromatic heterocycles. The molecule has 0 unspecified atom stereocenters. The first-order valence-corrected chi connectivity index (χ1v) is 0.612. The van der Waals surface area contributed by atoms with Crippen LogP contribution in [0, 0.1) is 0 Å². The molecule has 0 bridgehead atoms. The summed E-state index contributed by atoms with van der Waals surface area (Å²) in [6.45, 7) is 0. The van der Waals surface area contributed by atoms with Gasteiger partial charge < -0.3 is 0 Å². The van der Waals surface area contributed by atoms with E-state index >= 15 is 0 Å². The van der Waals surface area contributed by atoms with Crippen LogP contribution in [0.25, 0.3) is 0 Å². The van der Waals surface area contributed by atoms with Gasteiger partial charge in [-0.15, -0.1) is 0 Å². The normalized spacial score (nSPS) is 1.00. The van der Waals surface area contributed by atoms with Crippen LogP contribution in [0.2, 0.25) is 0 Å². The molecule has 1 radical (unpaired) electrons. The first-order valence-electron chi connectivity index (χ1n) is 0.204. The van der Waals surface area contributed by atoms with Crippen molar-refractivity contribution in [2.24, 2.45) is 0 Å². The molecule has 0 rings (SSSR count). The Labute approximate surface area is 58.5 Å². The molecule has 0 heterocycles. The Morgan fingerprint density at radius 3 is 1.25 bits per heavy atom. The molecule has 0 aliphatic heterocycles. The van der Waals surface area contributed by atoms with E-state index in [4.69, 9.17) is 4.57 Å². The summed E-state index contributed by atoms with van der Waals surface area (Å²) in [5.74, 6) is 0. The van der Waals surface area contributed by atoms with Gasteiger partial charge in [0.2, 0.25) is 0 Å². The van der Waals surface area contributed by atoms with Gasteiger partial charge in [0, 0.05) is 45.1 Å². The smallest absolute Gasteiger partial charge is 0.138 e. The van der Waals surface area contributed by atoms with Gasteiger partial charge in [-0.3, -0.25) is 4.57 Å². The topological polar surface area (TPSA) is 17.1 Å². The third-order valence-electron chi connectivity index (χ3n) is 0. The minimum Gasteiger partial charge on any atom is -0.279 e. The van der Waals surface area contributed by atoms with E-state index in [1.165, 1.54) is 0 Å². The maximum atomic E-state index is 8.06. The number of rotatable bonds is 0. The molecule has 17 valence electrons. The van der Waals surface area contributed by atoms with Gasteiger partial charge in [0.25, 0.3) is 0 Å². The molecule has 0 atom stereocenters. The molecule has 0 spiro atoms. The van der Waals surface area contributed by atoms with Crippen LogP contribution in [0.1, 0.15) is 0 Å². The van der Waals surface area contributed by atoms with E-state index in [-0.39, 0.29) is 45.1 Å². The van der Waals surface area contributed by atoms with Crippen molar-refractivity contribution in [2.45, 2.75) is 0 Å². The van der Waals surface area contributed by atoms with E-state index in [0.717, 1.165) is 0 Å². The van der Waals surface area contributed by atoms with Gasteiger partial charge in [0.05, 0.1) is 0 Å². The molecule has 0 aliphatic rings. The van der Waals surface area contributed by atoms with Crippen molar-refractivity contribution < 1.29 is 30.8 Å². The van der Waals surface area contributed by atoms with Crippen LogP contribution >= 0.6 is 9.12 Å². The summed E-state index contributed by atoms with van der Waals surface area (Å²) >= 11 is 0. The Morgan fingerprint density at radius 2 is 1.25 bits per heavy atom. The largest absolute Gasteiger partial charge is 0.279 e. The van der Waals surface area contributed by atoms with Crippen molar-refractivity contribution in [2.75, 3.05) is 0 Å². The summed E-state index contributed by atoms with van der Waals surface area (Å²) in [4.78, 5) is 0. The Hall–Kier alpha value is 1.58. The Balaban J connectivity index is -0.00000000500. The van der Waals surface area contributed by atoms with Gasteiger partial charge in [0.1, 0.15) is 9.12 Å². The summed E-state index contributed by atoms with van der Waals surface area (Å²) in [6, 6.07) is 0. The first kappa shape index (κ1) is 17.6. The number of hydrogen-bond acceptors (Lipinski definition) is 1. The molecule has 0 saturated heterocycles. The maximum absolute atomic E-state index is 8.06. The Bertz CT molecular complexity index is 8.00. The standard InChI is InChI=1S/Li.HOP.Zr/c;1-2;/h;2H;. The van der Waals surface area contributed by atoms with E-state index in [1.54, 1.807) is 9.12 Å². The van der Waals surface area contributed by atoms with Crippen LogP contribution in [-0.2, 0) is 30.8 Å². The minimum absolute atomic E-state index is 0. The summed E-state index contributed by atoms with van der Waals surface area (Å²) in [5.41, 5.74) is 0. The summed E-state index contributed by atoms with van der Waals surface area (Å²) in [5, 5.41) is 0. The second-order valence-electron chi connectivity index (χ2n) is 0. The SMILES string of the molecule is O=P.[Li].[Zr]. The third kappa shape index (κ3) is 9.54. The molecule has 0 N–H and O–H groups in total. The molecule has 0 aromatic rings. The van der Waals surface area contributed by atoms with E-state index in [1.807, 2.05) is 0 Å². The molecule has 4 heteroatoms. The molecule has 1 nitrogen and oxygen atoms in total. The van der Waals surface area contributed by atoms with Gasteiger partial charge in [-0.2, -0.15) is 0 Å². The van der Waals surface area contributed by atoms with Crippen molar-refractivity contribution in [3.63, 3.8) is 0 Å². The van der Waals surface area contributed by atoms with Crippen LogP contribution in [0.3, 0.4) is 0 Å². The zero-order valence-corrected chi connectivity index (χ0v) is 5.87. The van der Waals surface area contributed by atoms with Gasteiger partial charge >= 0.3 is 0 Å². The van der Waals surface area contributed by atoms with E-state index < -0.39 is 0 Å². The predicted molar refractivity (Wildman–Crippen MR) is 14.8 cm³/mol. The summed E-state index contributed by atoms with van der Waals surface area (Å²) in [6.07, 6.45) is 0. The third-order valence-corrected chi connectivity index (χ3v) is 0. The molecule has 0 aromatic carbocycles. The second-order valence-corrected chi connectivity index (χ2v) is 0. The zero-order chi connectivity index (χ0) is 2.00. The monoisotopic (exact) mass is 145 g/mol. The molecule has 0 fully saturated rings. The van der Waals surface area contributed by atoms with E-state index in [0.29, 0.717) is 0 Å². The Kier molecular flexibility index (Phi) is 103. The van der Waals surface area contributed by atoms with Crippen LogP contribution in [0.5, 0.6) is 0 Å². The predicted octanol–water partition coefficient (Wildman–Crippen LogP) is 0.0914. The Morgan fingerprint density at radius 1 is 1.25 bits per heavy atom. The van der Waals surface area contributed by atoms with Crippen molar-refractivity contribution in [1.29, 1.82) is 0 Å². The van der Waals surface area contributed by atoms with Crippen molar-refractivity contribution in [3.05, 3.63) is 0 Å². The van der Waals surface area contributed by atoms with E-state index in [9.17, 15) is 0 Å². The summed E-state index contributed by atoms with van der Waals surface area (Å²) in [7, 11) is 1.72. The fraction of sp³-hybridized carbons (Fsp3) is 0. The molecule has 0 aliphatic carbocycles. The minimum atomic E-state index is 0.